The zero-order chi connectivity index (χ0) is 39.3. The molecule has 0 fully saturated rings. The van der Waals surface area contributed by atoms with Crippen LogP contribution in [0.2, 0.25) is 38.8 Å². The van der Waals surface area contributed by atoms with E-state index in [4.69, 9.17) is 23.1 Å². The van der Waals surface area contributed by atoms with Gasteiger partial charge in [-0.2, -0.15) is 26.0 Å². The van der Waals surface area contributed by atoms with Crippen LogP contribution in [0.15, 0.2) is 4.40 Å². The van der Waals surface area contributed by atoms with Gasteiger partial charge in [-0.1, -0.05) is 41.5 Å². The van der Waals surface area contributed by atoms with E-state index in [1.165, 1.54) is 13.8 Å². The maximum atomic E-state index is 11.9. The molecule has 0 spiro atoms. The molecule has 11 nitrogen and oxygen atoms in total. The second kappa shape index (κ2) is 26.1. The molecule has 0 aliphatic rings. The van der Waals surface area contributed by atoms with Crippen LogP contribution in [0.5, 0.6) is 0 Å². The van der Waals surface area contributed by atoms with Crippen LogP contribution >= 0.6 is 0 Å². The summed E-state index contributed by atoms with van der Waals surface area (Å²) in [5.41, 5.74) is -7.09. The number of hydrogen-bond donors (Lipinski definition) is 0. The van der Waals surface area contributed by atoms with E-state index in [-0.39, 0.29) is 52.1 Å². The molecule has 0 radical (unpaired) electrons. The summed E-state index contributed by atoms with van der Waals surface area (Å²) in [6.07, 6.45) is 2.73. The molecule has 304 valence electrons. The Kier molecular flexibility index (Phi) is 29.2. The Morgan fingerprint density at radius 2 is 1.28 bits per heavy atom. The van der Waals surface area contributed by atoms with Crippen molar-refractivity contribution in [3.05, 3.63) is 0 Å². The van der Waals surface area contributed by atoms with E-state index in [9.17, 15) is 36.3 Å². The number of esters is 2. The predicted octanol–water partition coefficient (Wildman–Crippen LogP) is 7.07. The molecule has 0 aromatic heterocycles. The average molecular weight is 877 g/mol. The van der Waals surface area contributed by atoms with Gasteiger partial charge in [0.05, 0.1) is 37.8 Å². The summed E-state index contributed by atoms with van der Waals surface area (Å²) in [5, 5.41) is 11.1. The van der Waals surface area contributed by atoms with Crippen molar-refractivity contribution in [2.75, 3.05) is 39.6 Å². The molecule has 1 atom stereocenters. The predicted molar refractivity (Wildman–Crippen MR) is 191 cm³/mol. The zero-order valence-corrected chi connectivity index (χ0v) is 37.0. The fourth-order valence-corrected chi connectivity index (χ4v) is 11.8. The molecule has 50 heavy (non-hydrogen) atoms. The molecule has 0 heterocycles. The van der Waals surface area contributed by atoms with Crippen LogP contribution < -0.4 is 5.11 Å². The number of carbonyl (C=O) groups is 2. The van der Waals surface area contributed by atoms with Crippen molar-refractivity contribution in [3.8, 4) is 0 Å². The maximum absolute atomic E-state index is 11.9. The van der Waals surface area contributed by atoms with E-state index >= 15 is 0 Å². The van der Waals surface area contributed by atoms with Crippen LogP contribution in [-0.4, -0.2) is 88.0 Å². The maximum Gasteiger partial charge on any atom is 1.00 e. The van der Waals surface area contributed by atoms with Gasteiger partial charge in [0.2, 0.25) is 0 Å². The van der Waals surface area contributed by atoms with E-state index < -0.39 is 43.5 Å². The summed E-state index contributed by atoms with van der Waals surface area (Å²) in [6, 6.07) is 1.05. The Bertz CT molecular complexity index is 1090. The number of carbonyl (C=O) groups excluding carboxylic acids is 2. The van der Waals surface area contributed by atoms with Crippen LogP contribution in [0.25, 0.3) is 0 Å². The van der Waals surface area contributed by atoms with Crippen molar-refractivity contribution < 1.29 is 81.7 Å². The summed E-state index contributed by atoms with van der Waals surface area (Å²) >= 11 is 0. The molecule has 0 bridgehead atoms. The third kappa shape index (κ3) is 27.8. The van der Waals surface area contributed by atoms with Crippen LogP contribution in [0.4, 0.5) is 13.2 Å². The second-order valence-electron chi connectivity index (χ2n) is 14.3. The molecule has 0 aromatic rings. The molecule has 0 aliphatic carbocycles. The summed E-state index contributed by atoms with van der Waals surface area (Å²) in [6.45, 7) is 30.2. The van der Waals surface area contributed by atoms with Crippen LogP contribution in [0.1, 0.15) is 88.0 Å². The van der Waals surface area contributed by atoms with Crippen molar-refractivity contribution in [2.24, 2.45) is 21.1 Å². The smallest absolute Gasteiger partial charge is 0.861 e. The average Bonchev–Trinajstić information content (AvgIpc) is 2.96. The van der Waals surface area contributed by atoms with Crippen molar-refractivity contribution in [1.29, 1.82) is 0 Å². The van der Waals surface area contributed by atoms with Gasteiger partial charge in [-0.05, 0) is 96.5 Å². The first-order valence-corrected chi connectivity index (χ1v) is 24.8. The third-order valence-corrected chi connectivity index (χ3v) is 14.4. The Morgan fingerprint density at radius 3 is 1.70 bits per heavy atom. The van der Waals surface area contributed by atoms with Crippen LogP contribution in [0.3, 0.4) is 0 Å². The first-order chi connectivity index (χ1) is 22.1. The van der Waals surface area contributed by atoms with Gasteiger partial charge in [-0.15, -0.1) is 0 Å². The molecule has 0 amide bonds. The third-order valence-electron chi connectivity index (χ3n) is 7.20. The molecule has 18 heteroatoms. The van der Waals surface area contributed by atoms with Gasteiger partial charge in [0.25, 0.3) is 0 Å². The Hall–Kier alpha value is -0.796. The minimum absolute atomic E-state index is 0. The standard InChI is InChI=1S/C14H32O3Si2.C11H22O4.C7H12F3NO3S.Ag/c1-9-14(2,3)13(15)16-11-10-12-19(7,8)17-18(4,5)6;1-4-10(3)11(12)15-9-8-14-7-6-13-5-2;1-4-6(2,3)5(12)11-15(13,14)7(8,9)10;/h9-12H2,1-8H3;10H,4-9H2,1-3H3;4H2,1-3H3,(H,11,12);/q;;;+1/p-1. The van der Waals surface area contributed by atoms with E-state index in [1.54, 1.807) is 6.92 Å². The second-order valence-corrected chi connectivity index (χ2v) is 24.9. The minimum atomic E-state index is -5.71. The number of sulfonamides is 1. The number of hydrogen-bond acceptors (Lipinski definition) is 10. The largest absolute Gasteiger partial charge is 1.00 e. The van der Waals surface area contributed by atoms with E-state index in [2.05, 4.69) is 37.1 Å². The molecule has 0 rings (SSSR count). The number of alkyl halides is 3. The van der Waals surface area contributed by atoms with Crippen LogP contribution in [0, 0.1) is 16.7 Å². The van der Waals surface area contributed by atoms with Gasteiger partial charge in [0.15, 0.2) is 16.6 Å². The summed E-state index contributed by atoms with van der Waals surface area (Å²) in [7, 11) is -8.77. The normalized spacial score (nSPS) is 13.5. The Labute approximate surface area is 318 Å². The topological polar surface area (TPSA) is 150 Å². The Morgan fingerprint density at radius 1 is 0.800 bits per heavy atom. The monoisotopic (exact) mass is 875 g/mol. The fourth-order valence-electron chi connectivity index (χ4n) is 3.19. The van der Waals surface area contributed by atoms with Gasteiger partial charge in [0, 0.05) is 6.61 Å². The van der Waals surface area contributed by atoms with E-state index in [0.29, 0.717) is 39.6 Å². The van der Waals surface area contributed by atoms with Gasteiger partial charge in [0.1, 0.15) is 6.61 Å². The molecular formula is C32H65AgF3NO10SSi2. The SMILES string of the molecule is CCC(C)(C)C(=O)OCCC[Si](C)(C)O[Si](C)(C)C.CCC(C)(C)C([O-])=NS(=O)(=O)C(F)(F)F.CCOCCOCCOC(=O)C(C)CC.[Ag+]. The van der Waals surface area contributed by atoms with Crippen molar-refractivity contribution >= 4 is 44.5 Å². The van der Waals surface area contributed by atoms with Crippen molar-refractivity contribution in [2.45, 2.75) is 132 Å². The van der Waals surface area contributed by atoms with Gasteiger partial charge in [-0.3, -0.25) is 9.59 Å². The summed E-state index contributed by atoms with van der Waals surface area (Å²) < 4.78 is 85.7. The van der Waals surface area contributed by atoms with Gasteiger partial charge in [-0.25, -0.2) is 0 Å². The zero-order valence-electron chi connectivity index (χ0n) is 32.7. The van der Waals surface area contributed by atoms with Crippen molar-refractivity contribution in [3.63, 3.8) is 0 Å². The number of halogens is 3. The molecule has 0 saturated carbocycles. The van der Waals surface area contributed by atoms with E-state index in [1.807, 2.05) is 41.5 Å². The fraction of sp³-hybridized carbons (Fsp3) is 0.906. The number of ether oxygens (including phenoxy) is 4. The number of nitrogens with zero attached hydrogens (tertiary/aromatic N) is 1. The summed E-state index contributed by atoms with van der Waals surface area (Å²) in [5.74, 6) is -1.54. The van der Waals surface area contributed by atoms with Gasteiger partial charge < -0.3 is 28.2 Å². The minimum Gasteiger partial charge on any atom is -0.861 e. The number of rotatable bonds is 20. The quantitative estimate of drug-likeness (QED) is 0.0409. The molecular weight excluding hydrogens is 811 g/mol. The molecule has 0 aliphatic heterocycles. The Balaban J connectivity index is -0.000000318. The molecule has 0 aromatic carbocycles. The van der Waals surface area contributed by atoms with E-state index in [0.717, 1.165) is 25.3 Å². The first kappa shape index (κ1) is 56.0. The summed E-state index contributed by atoms with van der Waals surface area (Å²) in [4.78, 5) is 23.0. The van der Waals surface area contributed by atoms with Crippen LogP contribution in [-0.2, 0) is 65.1 Å². The molecule has 0 N–H and O–H groups in total. The first-order valence-electron chi connectivity index (χ1n) is 16.8. The van der Waals surface area contributed by atoms with Crippen molar-refractivity contribution in [1.82, 2.24) is 0 Å². The molecule has 0 saturated heterocycles. The molecule has 1 unspecified atom stereocenters. The van der Waals surface area contributed by atoms with Gasteiger partial charge >= 0.3 is 49.9 Å².